The Bertz CT molecular complexity index is 680. The van der Waals surface area contributed by atoms with Gasteiger partial charge in [0, 0.05) is 30.8 Å². The average Bonchev–Trinajstić information content (AvgIpc) is 2.90. The minimum atomic E-state index is -3.55. The highest BCUT2D eigenvalue weighted by Crippen LogP contribution is 2.16. The van der Waals surface area contributed by atoms with Crippen LogP contribution in [0.3, 0.4) is 0 Å². The lowest BCUT2D eigenvalue weighted by atomic mass is 10.2. The van der Waals surface area contributed by atoms with E-state index in [1.165, 1.54) is 10.6 Å². The Hall–Kier alpha value is -1.18. The highest BCUT2D eigenvalue weighted by atomic mass is 79.9. The van der Waals surface area contributed by atoms with Crippen LogP contribution in [0.25, 0.3) is 0 Å². The maximum atomic E-state index is 12.4. The van der Waals surface area contributed by atoms with Crippen LogP contribution in [-0.4, -0.2) is 29.3 Å². The lowest BCUT2D eigenvalue weighted by Gasteiger charge is -2.15. The van der Waals surface area contributed by atoms with Crippen LogP contribution in [0.15, 0.2) is 46.3 Å². The second kappa shape index (κ2) is 6.07. The van der Waals surface area contributed by atoms with Crippen molar-refractivity contribution in [1.29, 1.82) is 0 Å². The minimum Gasteiger partial charge on any atom is -0.336 e. The standard InChI is InChI=1S/C13H16BrN3O2S/c1-3-17-9-13(15-10-17)20(18,19)16(2)8-11-4-6-12(14)7-5-11/h4-7,9-10H,3,8H2,1-2H3. The van der Waals surface area contributed by atoms with Gasteiger partial charge in [-0.1, -0.05) is 28.1 Å². The van der Waals surface area contributed by atoms with E-state index in [4.69, 9.17) is 0 Å². The van der Waals surface area contributed by atoms with Crippen LogP contribution in [0, 0.1) is 0 Å². The Morgan fingerprint density at radius 3 is 2.50 bits per heavy atom. The first-order valence-corrected chi connectivity index (χ1v) is 8.39. The van der Waals surface area contributed by atoms with Crippen LogP contribution in [0.4, 0.5) is 0 Å². The average molecular weight is 358 g/mol. The first kappa shape index (κ1) is 15.2. The molecule has 5 nitrogen and oxygen atoms in total. The number of aryl methyl sites for hydroxylation is 1. The maximum Gasteiger partial charge on any atom is 0.262 e. The zero-order valence-electron chi connectivity index (χ0n) is 11.3. The smallest absolute Gasteiger partial charge is 0.262 e. The van der Waals surface area contributed by atoms with E-state index in [1.54, 1.807) is 17.8 Å². The lowest BCUT2D eigenvalue weighted by molar-refractivity contribution is 0.464. The molecule has 1 aromatic heterocycles. The quantitative estimate of drug-likeness (QED) is 0.825. The van der Waals surface area contributed by atoms with Gasteiger partial charge in [-0.25, -0.2) is 13.4 Å². The summed E-state index contributed by atoms with van der Waals surface area (Å²) in [5.74, 6) is 0. The second-order valence-corrected chi connectivity index (χ2v) is 7.34. The van der Waals surface area contributed by atoms with Gasteiger partial charge in [-0.3, -0.25) is 0 Å². The van der Waals surface area contributed by atoms with Gasteiger partial charge in [0.2, 0.25) is 0 Å². The molecule has 2 aromatic rings. The molecule has 1 heterocycles. The zero-order chi connectivity index (χ0) is 14.8. The van der Waals surface area contributed by atoms with Crippen molar-refractivity contribution in [2.24, 2.45) is 0 Å². The number of sulfonamides is 1. The molecule has 0 amide bonds. The highest BCUT2D eigenvalue weighted by molar-refractivity contribution is 9.10. The molecule has 2 rings (SSSR count). The van der Waals surface area contributed by atoms with Gasteiger partial charge >= 0.3 is 0 Å². The van der Waals surface area contributed by atoms with Gasteiger partial charge in [0.1, 0.15) is 0 Å². The van der Waals surface area contributed by atoms with E-state index in [0.717, 1.165) is 10.0 Å². The molecule has 0 saturated heterocycles. The van der Waals surface area contributed by atoms with Gasteiger partial charge < -0.3 is 4.57 Å². The van der Waals surface area contributed by atoms with Crippen molar-refractivity contribution in [3.05, 3.63) is 46.8 Å². The minimum absolute atomic E-state index is 0.0824. The lowest BCUT2D eigenvalue weighted by Crippen LogP contribution is -2.26. The summed E-state index contributed by atoms with van der Waals surface area (Å²) in [4.78, 5) is 3.96. The van der Waals surface area contributed by atoms with Gasteiger partial charge in [0.25, 0.3) is 10.0 Å². The molecule has 0 unspecified atom stereocenters. The summed E-state index contributed by atoms with van der Waals surface area (Å²) in [5, 5.41) is 0.0824. The summed E-state index contributed by atoms with van der Waals surface area (Å²) >= 11 is 3.35. The van der Waals surface area contributed by atoms with E-state index in [0.29, 0.717) is 13.1 Å². The molecule has 0 aliphatic rings. The summed E-state index contributed by atoms with van der Waals surface area (Å²) in [6, 6.07) is 7.56. The van der Waals surface area contributed by atoms with Crippen LogP contribution < -0.4 is 0 Å². The molecule has 0 bridgehead atoms. The van der Waals surface area contributed by atoms with Gasteiger partial charge in [-0.05, 0) is 24.6 Å². The van der Waals surface area contributed by atoms with Crippen LogP contribution in [-0.2, 0) is 23.1 Å². The number of halogens is 1. The molecule has 0 saturated carbocycles. The topological polar surface area (TPSA) is 55.2 Å². The monoisotopic (exact) mass is 357 g/mol. The Morgan fingerprint density at radius 1 is 1.30 bits per heavy atom. The number of hydrogen-bond donors (Lipinski definition) is 0. The van der Waals surface area contributed by atoms with Gasteiger partial charge in [-0.15, -0.1) is 0 Å². The van der Waals surface area contributed by atoms with Gasteiger partial charge in [-0.2, -0.15) is 4.31 Å². The van der Waals surface area contributed by atoms with E-state index < -0.39 is 10.0 Å². The summed E-state index contributed by atoms with van der Waals surface area (Å²) < 4.78 is 28.8. The fraction of sp³-hybridized carbons (Fsp3) is 0.308. The number of aromatic nitrogens is 2. The fourth-order valence-corrected chi connectivity index (χ4v) is 3.09. The first-order valence-electron chi connectivity index (χ1n) is 6.16. The summed E-state index contributed by atoms with van der Waals surface area (Å²) in [6.07, 6.45) is 3.08. The van der Waals surface area contributed by atoms with E-state index >= 15 is 0 Å². The molecule has 0 aliphatic heterocycles. The van der Waals surface area contributed by atoms with Crippen molar-refractivity contribution in [2.75, 3.05) is 7.05 Å². The molecular formula is C13H16BrN3O2S. The molecule has 20 heavy (non-hydrogen) atoms. The van der Waals surface area contributed by atoms with E-state index in [-0.39, 0.29) is 5.03 Å². The second-order valence-electron chi connectivity index (χ2n) is 4.43. The molecule has 1 aromatic carbocycles. The summed E-state index contributed by atoms with van der Waals surface area (Å²) in [6.45, 7) is 2.94. The molecule has 7 heteroatoms. The molecule has 0 aliphatic carbocycles. The number of benzene rings is 1. The van der Waals surface area contributed by atoms with Gasteiger partial charge in [0.05, 0.1) is 6.33 Å². The largest absolute Gasteiger partial charge is 0.336 e. The number of imidazole rings is 1. The van der Waals surface area contributed by atoms with E-state index in [1.807, 2.05) is 31.2 Å². The van der Waals surface area contributed by atoms with E-state index in [9.17, 15) is 8.42 Å². The van der Waals surface area contributed by atoms with Crippen molar-refractivity contribution in [3.63, 3.8) is 0 Å². The third-order valence-corrected chi connectivity index (χ3v) is 5.19. The summed E-state index contributed by atoms with van der Waals surface area (Å²) in [5.41, 5.74) is 0.925. The van der Waals surface area contributed by atoms with E-state index in [2.05, 4.69) is 20.9 Å². The Morgan fingerprint density at radius 2 is 1.95 bits per heavy atom. The van der Waals surface area contributed by atoms with Crippen LogP contribution in [0.2, 0.25) is 0 Å². The molecule has 108 valence electrons. The molecule has 0 N–H and O–H groups in total. The fourth-order valence-electron chi connectivity index (χ4n) is 1.74. The Balaban J connectivity index is 2.18. The predicted octanol–water partition coefficient (Wildman–Crippen LogP) is 2.49. The predicted molar refractivity (Wildman–Crippen MR) is 80.7 cm³/mol. The molecule has 0 radical (unpaired) electrons. The van der Waals surface area contributed by atoms with Crippen molar-refractivity contribution in [2.45, 2.75) is 25.0 Å². The van der Waals surface area contributed by atoms with Crippen molar-refractivity contribution in [1.82, 2.24) is 13.9 Å². The first-order chi connectivity index (χ1) is 9.43. The van der Waals surface area contributed by atoms with Crippen LogP contribution >= 0.6 is 15.9 Å². The SMILES string of the molecule is CCn1cnc(S(=O)(=O)N(C)Cc2ccc(Br)cc2)c1. The molecular weight excluding hydrogens is 342 g/mol. The summed E-state index contributed by atoms with van der Waals surface area (Å²) in [7, 11) is -1.99. The van der Waals surface area contributed by atoms with Crippen molar-refractivity contribution < 1.29 is 8.42 Å². The van der Waals surface area contributed by atoms with Crippen LogP contribution in [0.1, 0.15) is 12.5 Å². The molecule has 0 spiro atoms. The van der Waals surface area contributed by atoms with Crippen molar-refractivity contribution in [3.8, 4) is 0 Å². The number of rotatable bonds is 5. The molecule has 0 atom stereocenters. The third-order valence-electron chi connectivity index (χ3n) is 2.97. The van der Waals surface area contributed by atoms with Crippen LogP contribution in [0.5, 0.6) is 0 Å². The van der Waals surface area contributed by atoms with Gasteiger partial charge in [0.15, 0.2) is 5.03 Å². The zero-order valence-corrected chi connectivity index (χ0v) is 13.7. The Labute approximate surface area is 127 Å². The number of nitrogens with zero attached hydrogens (tertiary/aromatic N) is 3. The highest BCUT2D eigenvalue weighted by Gasteiger charge is 2.23. The Kier molecular flexibility index (Phi) is 4.62. The molecule has 0 fully saturated rings. The normalized spacial score (nSPS) is 12.0. The maximum absolute atomic E-state index is 12.4. The van der Waals surface area contributed by atoms with Crippen molar-refractivity contribution >= 4 is 26.0 Å². The third kappa shape index (κ3) is 3.28. The number of hydrogen-bond acceptors (Lipinski definition) is 3.